The zero-order valence-electron chi connectivity index (χ0n) is 32.9. The second-order valence-corrected chi connectivity index (χ2v) is 12.2. The summed E-state index contributed by atoms with van der Waals surface area (Å²) in [5, 5.41) is 24.1. The van der Waals surface area contributed by atoms with Crippen LogP contribution in [0.2, 0.25) is 0 Å². The van der Waals surface area contributed by atoms with Gasteiger partial charge in [0.2, 0.25) is 17.6 Å². The van der Waals surface area contributed by atoms with Crippen molar-refractivity contribution in [1.82, 2.24) is 39.2 Å². The Labute approximate surface area is 323 Å². The van der Waals surface area contributed by atoms with E-state index in [1.54, 1.807) is 20.2 Å². The number of ether oxygens (including phenoxy) is 3. The van der Waals surface area contributed by atoms with Crippen molar-refractivity contribution < 1.29 is 54.4 Å². The Morgan fingerprint density at radius 2 is 1.40 bits per heavy atom. The van der Waals surface area contributed by atoms with Gasteiger partial charge in [-0.25, -0.2) is 13.2 Å². The second-order valence-electron chi connectivity index (χ2n) is 12.2. The van der Waals surface area contributed by atoms with Crippen LogP contribution in [-0.2, 0) is 21.4 Å². The molecular weight excluding hydrogens is 772 g/mol. The van der Waals surface area contributed by atoms with Crippen LogP contribution < -0.4 is 4.74 Å². The summed E-state index contributed by atoms with van der Waals surface area (Å²) in [5.74, 6) is -6.44. The SMILES string of the molecule is C=C(C)/C=C(COC)\C(=C/C)c1cn2c(C(C)(O)F)nnc2cn1.CC.CC(C)(F)F.COC(F)(F)c1nnc2cnc(-c3ccc(OC(F)(F)F)cc3C)cn12. The summed E-state index contributed by atoms with van der Waals surface area (Å²) >= 11 is 0. The van der Waals surface area contributed by atoms with Gasteiger partial charge in [0.05, 0.1) is 30.4 Å². The minimum Gasteiger partial charge on any atom is -0.406 e. The van der Waals surface area contributed by atoms with Crippen LogP contribution in [0, 0.1) is 6.92 Å². The molecule has 1 atom stereocenters. The predicted molar refractivity (Wildman–Crippen MR) is 196 cm³/mol. The van der Waals surface area contributed by atoms with E-state index in [0.717, 1.165) is 55.1 Å². The molecule has 0 fully saturated rings. The highest BCUT2D eigenvalue weighted by molar-refractivity contribution is 5.77. The van der Waals surface area contributed by atoms with Crippen molar-refractivity contribution in [2.24, 2.45) is 0 Å². The molecule has 0 saturated heterocycles. The Bertz CT molecular complexity index is 2160. The number of aliphatic hydroxyl groups is 1. The van der Waals surface area contributed by atoms with Crippen LogP contribution in [0.1, 0.15) is 71.4 Å². The number of rotatable bonds is 10. The first kappa shape index (κ1) is 47.8. The molecule has 0 bridgehead atoms. The number of halogens is 8. The topological polar surface area (TPSA) is 134 Å². The summed E-state index contributed by atoms with van der Waals surface area (Å²) in [6.07, 6.45) is 0.859. The smallest absolute Gasteiger partial charge is 0.406 e. The van der Waals surface area contributed by atoms with Crippen molar-refractivity contribution >= 4 is 16.9 Å². The van der Waals surface area contributed by atoms with Gasteiger partial charge < -0.3 is 19.3 Å². The molecule has 4 aromatic heterocycles. The van der Waals surface area contributed by atoms with Crippen molar-refractivity contribution in [3.63, 3.8) is 0 Å². The molecule has 20 heteroatoms. The Kier molecular flexibility index (Phi) is 16.5. The quantitative estimate of drug-likeness (QED) is 0.107. The van der Waals surface area contributed by atoms with Gasteiger partial charge in [0.1, 0.15) is 5.75 Å². The van der Waals surface area contributed by atoms with E-state index in [0.29, 0.717) is 29.1 Å². The van der Waals surface area contributed by atoms with Crippen LogP contribution in [-0.4, -0.2) is 77.4 Å². The van der Waals surface area contributed by atoms with Gasteiger partial charge in [-0.15, -0.1) is 33.6 Å². The van der Waals surface area contributed by atoms with E-state index in [1.807, 2.05) is 39.8 Å². The molecule has 0 spiro atoms. The Morgan fingerprint density at radius 3 is 1.88 bits per heavy atom. The monoisotopic (exact) mass is 816 g/mol. The first-order chi connectivity index (χ1) is 26.4. The predicted octanol–water partition coefficient (Wildman–Crippen LogP) is 9.19. The van der Waals surface area contributed by atoms with Gasteiger partial charge in [0.15, 0.2) is 11.3 Å². The number of benzene rings is 1. The van der Waals surface area contributed by atoms with Crippen molar-refractivity contribution in [1.29, 1.82) is 0 Å². The molecule has 0 radical (unpaired) electrons. The first-order valence-electron chi connectivity index (χ1n) is 16.9. The normalized spacial score (nSPS) is 13.5. The third-order valence-corrected chi connectivity index (χ3v) is 6.85. The summed E-state index contributed by atoms with van der Waals surface area (Å²) < 4.78 is 116. The molecule has 0 amide bonds. The molecule has 1 unspecified atom stereocenters. The lowest BCUT2D eigenvalue weighted by Gasteiger charge is -2.13. The molecule has 1 aromatic carbocycles. The summed E-state index contributed by atoms with van der Waals surface area (Å²) in [4.78, 5) is 8.45. The maximum Gasteiger partial charge on any atom is 0.573 e. The van der Waals surface area contributed by atoms with E-state index in [2.05, 4.69) is 46.4 Å². The highest BCUT2D eigenvalue weighted by Crippen LogP contribution is 2.31. The molecule has 5 rings (SSSR count). The largest absolute Gasteiger partial charge is 0.573 e. The van der Waals surface area contributed by atoms with Crippen molar-refractivity contribution in [3.8, 4) is 17.0 Å². The minimum atomic E-state index is -4.81. The van der Waals surface area contributed by atoms with Gasteiger partial charge in [0.25, 0.3) is 5.85 Å². The van der Waals surface area contributed by atoms with E-state index in [-0.39, 0.29) is 17.2 Å². The second kappa shape index (κ2) is 19.7. The van der Waals surface area contributed by atoms with Crippen LogP contribution in [0.15, 0.2) is 72.9 Å². The highest BCUT2D eigenvalue weighted by Gasteiger charge is 2.37. The lowest BCUT2D eigenvalue weighted by atomic mass is 10.0. The summed E-state index contributed by atoms with van der Waals surface area (Å²) in [6.45, 7) is 16.3. The van der Waals surface area contributed by atoms with Gasteiger partial charge in [-0.05, 0) is 64.0 Å². The number of aryl methyl sites for hydroxylation is 1. The molecule has 1 N–H and O–H groups in total. The first-order valence-corrected chi connectivity index (χ1v) is 16.9. The highest BCUT2D eigenvalue weighted by atomic mass is 19.4. The number of fused-ring (bicyclic) bond motifs is 2. The van der Waals surface area contributed by atoms with Gasteiger partial charge in [0, 0.05) is 44.7 Å². The van der Waals surface area contributed by atoms with Crippen LogP contribution in [0.3, 0.4) is 0 Å². The van der Waals surface area contributed by atoms with Gasteiger partial charge in [-0.3, -0.25) is 18.8 Å². The molecule has 57 heavy (non-hydrogen) atoms. The lowest BCUT2D eigenvalue weighted by Crippen LogP contribution is -2.19. The molecule has 0 aliphatic rings. The lowest BCUT2D eigenvalue weighted by molar-refractivity contribution is -0.274. The standard InChI is InChI=1S/C17H21FN4O2.C15H11F5N4O2.C3H6F2.C2H6/c1-6-13(12(10-24-5)7-11(2)3)14-9-22-15(8-19-14)20-21-16(22)17(4,18)23;1-8-5-9(26-15(18,19)20)3-4-10(8)11-7-24-12(6-21-11)22-23-13(24)14(16,17)25-2;1-3(2,4)5;1-2/h6-9,23H,2,10H2,1,3-5H3;3-7H,1-2H3;1-2H3;1-2H3/b12-7-,13-6+;;;. The number of hydrogen-bond donors (Lipinski definition) is 1. The van der Waals surface area contributed by atoms with Crippen molar-refractivity contribution in [2.45, 2.75) is 79.6 Å². The average molecular weight is 817 g/mol. The fourth-order valence-electron chi connectivity index (χ4n) is 4.75. The summed E-state index contributed by atoms with van der Waals surface area (Å²) in [5.41, 5.74) is 4.66. The molecule has 12 nitrogen and oxygen atoms in total. The van der Waals surface area contributed by atoms with Gasteiger partial charge >= 0.3 is 12.5 Å². The van der Waals surface area contributed by atoms with E-state index in [9.17, 15) is 40.2 Å². The van der Waals surface area contributed by atoms with Crippen molar-refractivity contribution in [3.05, 3.63) is 95.8 Å². The Morgan fingerprint density at radius 1 is 0.860 bits per heavy atom. The van der Waals surface area contributed by atoms with Crippen LogP contribution >= 0.6 is 0 Å². The number of methoxy groups -OCH3 is 2. The maximum atomic E-state index is 13.9. The molecule has 0 saturated carbocycles. The number of alkyl halides is 8. The van der Waals surface area contributed by atoms with Crippen LogP contribution in [0.4, 0.5) is 35.1 Å². The zero-order chi connectivity index (χ0) is 43.5. The Balaban J connectivity index is 0.000000339. The molecular formula is C37H44F8N8O4. The number of hydrogen-bond acceptors (Lipinski definition) is 10. The summed E-state index contributed by atoms with van der Waals surface area (Å²) in [6, 6.07) is 3.63. The fourth-order valence-corrected chi connectivity index (χ4v) is 4.75. The third-order valence-electron chi connectivity index (χ3n) is 6.85. The van der Waals surface area contributed by atoms with Gasteiger partial charge in [-0.1, -0.05) is 38.2 Å². The molecule has 5 aromatic rings. The van der Waals surface area contributed by atoms with E-state index in [4.69, 9.17) is 4.74 Å². The molecule has 0 aliphatic heterocycles. The maximum absolute atomic E-state index is 13.9. The number of nitrogens with zero attached hydrogens (tertiary/aromatic N) is 8. The fraction of sp³-hybridized carbons (Fsp3) is 0.405. The molecule has 312 valence electrons. The van der Waals surface area contributed by atoms with Crippen LogP contribution in [0.5, 0.6) is 5.75 Å². The number of aromatic nitrogens is 8. The zero-order valence-corrected chi connectivity index (χ0v) is 32.9. The Hall–Kier alpha value is -5.34. The van der Waals surface area contributed by atoms with E-state index < -0.39 is 35.8 Å². The van der Waals surface area contributed by atoms with Gasteiger partial charge in [-0.2, -0.15) is 8.78 Å². The summed E-state index contributed by atoms with van der Waals surface area (Å²) in [7, 11) is 2.43. The van der Waals surface area contributed by atoms with Crippen LogP contribution in [0.25, 0.3) is 28.1 Å². The van der Waals surface area contributed by atoms with E-state index >= 15 is 0 Å². The molecule has 0 aliphatic carbocycles. The van der Waals surface area contributed by atoms with E-state index in [1.165, 1.54) is 35.1 Å². The minimum absolute atomic E-state index is 0.0650. The number of allylic oxidation sites excluding steroid dienone is 3. The molecule has 4 heterocycles. The van der Waals surface area contributed by atoms with Crippen molar-refractivity contribution in [2.75, 3.05) is 20.8 Å². The average Bonchev–Trinajstić information content (AvgIpc) is 3.73. The third kappa shape index (κ3) is 14.0.